The smallest absolute Gasteiger partial charge is 0.405 e. The van der Waals surface area contributed by atoms with Crippen molar-refractivity contribution in [1.82, 2.24) is 10.6 Å². The summed E-state index contributed by atoms with van der Waals surface area (Å²) in [6.07, 6.45) is -4.55. The highest BCUT2D eigenvalue weighted by molar-refractivity contribution is 5.97. The van der Waals surface area contributed by atoms with Crippen LogP contribution in [0.3, 0.4) is 0 Å². The van der Waals surface area contributed by atoms with E-state index in [1.54, 1.807) is 49.5 Å². The molecule has 0 bridgehead atoms. The molecule has 9 heteroatoms. The molecule has 1 unspecified atom stereocenters. The van der Waals surface area contributed by atoms with Crippen molar-refractivity contribution in [1.29, 1.82) is 0 Å². The van der Waals surface area contributed by atoms with Gasteiger partial charge in [-0.05, 0) is 18.1 Å². The Labute approximate surface area is 142 Å². The van der Waals surface area contributed by atoms with Gasteiger partial charge in [-0.15, -0.1) is 0 Å². The zero-order valence-electron chi connectivity index (χ0n) is 13.7. The van der Waals surface area contributed by atoms with Gasteiger partial charge in [-0.1, -0.05) is 32.0 Å². The van der Waals surface area contributed by atoms with Crippen LogP contribution in [0.15, 0.2) is 30.3 Å². The zero-order chi connectivity index (χ0) is 19.0. The standard InChI is InChI=1S/C16H19F3N2O4/c1-10(2)13(21-14(23)11-6-4-3-5-7-11)15(24)25-8-12(22)20-9-16(17,18)19/h3-7,10,13H,8-9H2,1-2H3,(H,20,22)(H,21,23). The van der Waals surface area contributed by atoms with Gasteiger partial charge in [0.2, 0.25) is 0 Å². The molecule has 0 spiro atoms. The van der Waals surface area contributed by atoms with Crippen LogP contribution in [-0.2, 0) is 14.3 Å². The maximum absolute atomic E-state index is 12.1. The summed E-state index contributed by atoms with van der Waals surface area (Å²) in [4.78, 5) is 35.4. The summed E-state index contributed by atoms with van der Waals surface area (Å²) in [6, 6.07) is 7.12. The molecule has 2 N–H and O–H groups in total. The van der Waals surface area contributed by atoms with E-state index in [1.165, 1.54) is 0 Å². The van der Waals surface area contributed by atoms with Gasteiger partial charge in [0.1, 0.15) is 12.6 Å². The Balaban J connectivity index is 2.56. The number of esters is 1. The largest absolute Gasteiger partial charge is 0.454 e. The van der Waals surface area contributed by atoms with Gasteiger partial charge >= 0.3 is 12.1 Å². The number of rotatable bonds is 7. The average Bonchev–Trinajstić information content (AvgIpc) is 2.55. The first-order valence-electron chi connectivity index (χ1n) is 7.46. The number of ether oxygens (including phenoxy) is 1. The quantitative estimate of drug-likeness (QED) is 0.725. The summed E-state index contributed by atoms with van der Waals surface area (Å²) in [6.45, 7) is 0.933. The lowest BCUT2D eigenvalue weighted by atomic mass is 10.0. The number of benzene rings is 1. The van der Waals surface area contributed by atoms with Crippen LogP contribution in [-0.4, -0.2) is 43.2 Å². The first-order chi connectivity index (χ1) is 11.6. The summed E-state index contributed by atoms with van der Waals surface area (Å²) >= 11 is 0. The molecular weight excluding hydrogens is 341 g/mol. The van der Waals surface area contributed by atoms with Gasteiger partial charge in [-0.3, -0.25) is 9.59 Å². The molecule has 0 fully saturated rings. The normalized spacial score (nSPS) is 12.4. The maximum Gasteiger partial charge on any atom is 0.405 e. The van der Waals surface area contributed by atoms with E-state index >= 15 is 0 Å². The van der Waals surface area contributed by atoms with Crippen molar-refractivity contribution < 1.29 is 32.3 Å². The first kappa shape index (κ1) is 20.5. The number of carbonyl (C=O) groups excluding carboxylic acids is 3. The predicted octanol–water partition coefficient (Wildman–Crippen LogP) is 1.66. The Morgan fingerprint density at radius 3 is 2.24 bits per heavy atom. The number of carbonyl (C=O) groups is 3. The lowest BCUT2D eigenvalue weighted by molar-refractivity contribution is -0.153. The summed E-state index contributed by atoms with van der Waals surface area (Å²) in [7, 11) is 0. The van der Waals surface area contributed by atoms with Crippen LogP contribution in [0, 0.1) is 5.92 Å². The second-order valence-electron chi connectivity index (χ2n) is 5.56. The number of alkyl halides is 3. The molecule has 6 nitrogen and oxygen atoms in total. The maximum atomic E-state index is 12.1. The van der Waals surface area contributed by atoms with Crippen LogP contribution < -0.4 is 10.6 Å². The fourth-order valence-electron chi connectivity index (χ4n) is 1.79. The van der Waals surface area contributed by atoms with Gasteiger partial charge < -0.3 is 15.4 Å². The topological polar surface area (TPSA) is 84.5 Å². The Kier molecular flexibility index (Phi) is 7.41. The third kappa shape index (κ3) is 7.69. The van der Waals surface area contributed by atoms with Crippen molar-refractivity contribution in [2.24, 2.45) is 5.92 Å². The minimum atomic E-state index is -4.55. The Hall–Kier alpha value is -2.58. The van der Waals surface area contributed by atoms with Crippen molar-refractivity contribution in [3.63, 3.8) is 0 Å². The van der Waals surface area contributed by atoms with E-state index in [-0.39, 0.29) is 5.92 Å². The van der Waals surface area contributed by atoms with Gasteiger partial charge in [0.25, 0.3) is 11.8 Å². The van der Waals surface area contributed by atoms with Crippen molar-refractivity contribution in [3.8, 4) is 0 Å². The third-order valence-electron chi connectivity index (χ3n) is 3.07. The first-order valence-corrected chi connectivity index (χ1v) is 7.46. The molecule has 25 heavy (non-hydrogen) atoms. The van der Waals surface area contributed by atoms with E-state index < -0.39 is 43.2 Å². The summed E-state index contributed by atoms with van der Waals surface area (Å²) in [5.74, 6) is -2.83. The number of hydrogen-bond donors (Lipinski definition) is 2. The molecule has 0 radical (unpaired) electrons. The molecule has 1 atom stereocenters. The number of amides is 2. The van der Waals surface area contributed by atoms with E-state index in [1.807, 2.05) is 0 Å². The Morgan fingerprint density at radius 2 is 1.72 bits per heavy atom. The van der Waals surface area contributed by atoms with E-state index in [0.717, 1.165) is 0 Å². The molecular formula is C16H19F3N2O4. The molecule has 2 amide bonds. The zero-order valence-corrected chi connectivity index (χ0v) is 13.7. The van der Waals surface area contributed by atoms with Crippen LogP contribution in [0.2, 0.25) is 0 Å². The second-order valence-corrected chi connectivity index (χ2v) is 5.56. The average molecular weight is 360 g/mol. The van der Waals surface area contributed by atoms with Crippen LogP contribution >= 0.6 is 0 Å². The number of nitrogens with one attached hydrogen (secondary N) is 2. The van der Waals surface area contributed by atoms with E-state index in [2.05, 4.69) is 5.32 Å². The predicted molar refractivity (Wildman–Crippen MR) is 82.6 cm³/mol. The highest BCUT2D eigenvalue weighted by Crippen LogP contribution is 2.12. The molecule has 0 aliphatic rings. The molecule has 0 aliphatic carbocycles. The Bertz CT molecular complexity index is 603. The molecule has 1 rings (SSSR count). The molecule has 138 valence electrons. The lowest BCUT2D eigenvalue weighted by Crippen LogP contribution is -2.46. The van der Waals surface area contributed by atoms with Crippen molar-refractivity contribution in [3.05, 3.63) is 35.9 Å². The number of halogens is 3. The third-order valence-corrected chi connectivity index (χ3v) is 3.07. The van der Waals surface area contributed by atoms with Gasteiger partial charge in [0.15, 0.2) is 6.61 Å². The van der Waals surface area contributed by atoms with Crippen LogP contribution in [0.5, 0.6) is 0 Å². The highest BCUT2D eigenvalue weighted by atomic mass is 19.4. The summed E-state index contributed by atoms with van der Waals surface area (Å²) < 4.78 is 40.6. The van der Waals surface area contributed by atoms with Gasteiger partial charge in [-0.2, -0.15) is 13.2 Å². The highest BCUT2D eigenvalue weighted by Gasteiger charge is 2.29. The fourth-order valence-corrected chi connectivity index (χ4v) is 1.79. The molecule has 0 saturated heterocycles. The molecule has 0 aromatic heterocycles. The number of hydrogen-bond acceptors (Lipinski definition) is 4. The van der Waals surface area contributed by atoms with Gasteiger partial charge in [0, 0.05) is 5.56 Å². The van der Waals surface area contributed by atoms with Gasteiger partial charge in [0.05, 0.1) is 0 Å². The van der Waals surface area contributed by atoms with Crippen molar-refractivity contribution >= 4 is 17.8 Å². The molecule has 1 aromatic rings. The SMILES string of the molecule is CC(C)C(NC(=O)c1ccccc1)C(=O)OCC(=O)NCC(F)(F)F. The summed E-state index contributed by atoms with van der Waals surface area (Å²) in [5.41, 5.74) is 0.337. The monoisotopic (exact) mass is 360 g/mol. The summed E-state index contributed by atoms with van der Waals surface area (Å²) in [5, 5.41) is 4.07. The van der Waals surface area contributed by atoms with E-state index in [9.17, 15) is 27.6 Å². The van der Waals surface area contributed by atoms with Crippen molar-refractivity contribution in [2.75, 3.05) is 13.2 Å². The molecule has 0 heterocycles. The lowest BCUT2D eigenvalue weighted by Gasteiger charge is -2.20. The molecule has 0 saturated carbocycles. The van der Waals surface area contributed by atoms with Crippen LogP contribution in [0.4, 0.5) is 13.2 Å². The van der Waals surface area contributed by atoms with Crippen LogP contribution in [0.1, 0.15) is 24.2 Å². The van der Waals surface area contributed by atoms with Crippen molar-refractivity contribution in [2.45, 2.75) is 26.1 Å². The van der Waals surface area contributed by atoms with E-state index in [0.29, 0.717) is 5.56 Å². The second kappa shape index (κ2) is 9.05. The Morgan fingerprint density at radius 1 is 1.12 bits per heavy atom. The minimum Gasteiger partial charge on any atom is -0.454 e. The van der Waals surface area contributed by atoms with Gasteiger partial charge in [-0.25, -0.2) is 4.79 Å². The molecule has 0 aliphatic heterocycles. The minimum absolute atomic E-state index is 0.337. The molecule has 1 aromatic carbocycles. The van der Waals surface area contributed by atoms with Crippen LogP contribution in [0.25, 0.3) is 0 Å². The fraction of sp³-hybridized carbons (Fsp3) is 0.438. The van der Waals surface area contributed by atoms with E-state index in [4.69, 9.17) is 4.74 Å².